The molecule has 0 aromatic carbocycles. The number of oxazole rings is 1. The van der Waals surface area contributed by atoms with E-state index in [2.05, 4.69) is 15.0 Å². The van der Waals surface area contributed by atoms with Crippen molar-refractivity contribution >= 4 is 16.9 Å². The third-order valence-electron chi connectivity index (χ3n) is 3.36. The molecule has 1 aliphatic carbocycles. The van der Waals surface area contributed by atoms with Crippen LogP contribution in [0.2, 0.25) is 0 Å². The van der Waals surface area contributed by atoms with Crippen molar-refractivity contribution in [2.24, 2.45) is 0 Å². The molecule has 7 nitrogen and oxygen atoms in total. The Labute approximate surface area is 113 Å². The average Bonchev–Trinajstić information content (AvgIpc) is 3.13. The molecule has 0 unspecified atom stereocenters. The van der Waals surface area contributed by atoms with Crippen LogP contribution >= 0.6 is 0 Å². The number of fused-ring (bicyclic) bond motifs is 1. The molecular weight excluding hydrogens is 258 g/mol. The lowest BCUT2D eigenvalue weighted by Crippen LogP contribution is -2.24. The highest BCUT2D eigenvalue weighted by molar-refractivity contribution is 5.84. The summed E-state index contributed by atoms with van der Waals surface area (Å²) in [5.41, 5.74) is 7.40. The van der Waals surface area contributed by atoms with Crippen molar-refractivity contribution in [2.45, 2.75) is 18.9 Å². The third-order valence-corrected chi connectivity index (χ3v) is 3.36. The fraction of sp³-hybridized carbons (Fsp3) is 0.231. The van der Waals surface area contributed by atoms with Gasteiger partial charge in [0.15, 0.2) is 11.3 Å². The van der Waals surface area contributed by atoms with Crippen LogP contribution in [0.1, 0.15) is 18.9 Å². The van der Waals surface area contributed by atoms with E-state index in [1.165, 1.54) is 12.5 Å². The molecule has 0 bridgehead atoms. The maximum Gasteiger partial charge on any atom is 0.284 e. The minimum atomic E-state index is -0.236. The van der Waals surface area contributed by atoms with E-state index in [4.69, 9.17) is 10.2 Å². The second kappa shape index (κ2) is 3.89. The molecule has 0 saturated heterocycles. The summed E-state index contributed by atoms with van der Waals surface area (Å²) in [7, 11) is 0. The molecule has 3 aromatic heterocycles. The van der Waals surface area contributed by atoms with Crippen LogP contribution in [0.3, 0.4) is 0 Å². The summed E-state index contributed by atoms with van der Waals surface area (Å²) < 4.78 is 6.85. The molecule has 0 atom stereocenters. The van der Waals surface area contributed by atoms with E-state index < -0.39 is 0 Å². The van der Waals surface area contributed by atoms with Crippen molar-refractivity contribution in [2.75, 3.05) is 5.73 Å². The summed E-state index contributed by atoms with van der Waals surface area (Å²) >= 11 is 0. The van der Waals surface area contributed by atoms with Gasteiger partial charge in [-0.25, -0.2) is 15.0 Å². The summed E-state index contributed by atoms with van der Waals surface area (Å²) in [6.45, 7) is 0. The second-order valence-corrected chi connectivity index (χ2v) is 4.78. The Morgan fingerprint density at radius 2 is 2.15 bits per heavy atom. The molecule has 3 aromatic rings. The second-order valence-electron chi connectivity index (χ2n) is 4.78. The first kappa shape index (κ1) is 11.2. The highest BCUT2D eigenvalue weighted by Crippen LogP contribution is 2.36. The zero-order chi connectivity index (χ0) is 13.7. The number of hydrogen-bond donors (Lipinski definition) is 1. The van der Waals surface area contributed by atoms with Gasteiger partial charge in [0.2, 0.25) is 0 Å². The zero-order valence-electron chi connectivity index (χ0n) is 10.5. The van der Waals surface area contributed by atoms with Gasteiger partial charge >= 0.3 is 0 Å². The van der Waals surface area contributed by atoms with Gasteiger partial charge in [-0.05, 0) is 18.9 Å². The van der Waals surface area contributed by atoms with Crippen molar-refractivity contribution in [3.8, 4) is 11.6 Å². The van der Waals surface area contributed by atoms with Crippen LogP contribution in [0.5, 0.6) is 0 Å². The van der Waals surface area contributed by atoms with E-state index in [-0.39, 0.29) is 23.2 Å². The molecular formula is C13H11N5O2. The minimum Gasteiger partial charge on any atom is -0.443 e. The fourth-order valence-corrected chi connectivity index (χ4v) is 2.27. The van der Waals surface area contributed by atoms with Crippen LogP contribution in [0.15, 0.2) is 33.9 Å². The fourth-order valence-electron chi connectivity index (χ4n) is 2.27. The standard InChI is InChI=1S/C13H11N5O2/c14-8-3-4-15-11-9(8)17-10(12-16-5-6-20-12)13(19)18(11)7-1-2-7/h3-7H,1-2H2,(H2,14,15). The number of nitrogens with zero attached hydrogens (tertiary/aromatic N) is 4. The highest BCUT2D eigenvalue weighted by Gasteiger charge is 2.29. The molecule has 0 spiro atoms. The molecule has 0 radical (unpaired) electrons. The van der Waals surface area contributed by atoms with Crippen LogP contribution < -0.4 is 11.3 Å². The molecule has 0 amide bonds. The summed E-state index contributed by atoms with van der Waals surface area (Å²) in [6.07, 6.45) is 6.40. The normalized spacial score (nSPS) is 14.8. The Bertz CT molecular complexity index is 849. The van der Waals surface area contributed by atoms with Crippen LogP contribution in [0.25, 0.3) is 22.7 Å². The Kier molecular flexibility index (Phi) is 2.17. The highest BCUT2D eigenvalue weighted by atomic mass is 16.3. The summed E-state index contributed by atoms with van der Waals surface area (Å²) in [5.74, 6) is 0.203. The Morgan fingerprint density at radius 3 is 2.85 bits per heavy atom. The SMILES string of the molecule is Nc1ccnc2c1nc(-c1ncco1)c(=O)n2C1CC1. The predicted octanol–water partition coefficient (Wildman–Crippen LogP) is 1.36. The predicted molar refractivity (Wildman–Crippen MR) is 72.0 cm³/mol. The molecule has 7 heteroatoms. The van der Waals surface area contributed by atoms with Gasteiger partial charge in [0.05, 0.1) is 11.9 Å². The number of aromatic nitrogens is 4. The van der Waals surface area contributed by atoms with Crippen molar-refractivity contribution in [1.82, 2.24) is 19.5 Å². The van der Waals surface area contributed by atoms with E-state index in [1.54, 1.807) is 16.8 Å². The summed E-state index contributed by atoms with van der Waals surface area (Å²) in [5, 5.41) is 0. The van der Waals surface area contributed by atoms with Gasteiger partial charge in [-0.15, -0.1) is 0 Å². The Morgan fingerprint density at radius 1 is 1.30 bits per heavy atom. The van der Waals surface area contributed by atoms with Crippen LogP contribution in [-0.4, -0.2) is 19.5 Å². The Hall–Kier alpha value is -2.70. The van der Waals surface area contributed by atoms with Crippen molar-refractivity contribution in [3.63, 3.8) is 0 Å². The number of nitrogen functional groups attached to an aromatic ring is 1. The Balaban J connectivity index is 2.14. The van der Waals surface area contributed by atoms with Crippen LogP contribution in [-0.2, 0) is 0 Å². The smallest absolute Gasteiger partial charge is 0.284 e. The van der Waals surface area contributed by atoms with E-state index in [0.29, 0.717) is 16.9 Å². The summed E-state index contributed by atoms with van der Waals surface area (Å²) in [4.78, 5) is 25.2. The van der Waals surface area contributed by atoms with Gasteiger partial charge in [0.1, 0.15) is 11.8 Å². The van der Waals surface area contributed by atoms with Gasteiger partial charge in [0.25, 0.3) is 11.4 Å². The molecule has 4 rings (SSSR count). The molecule has 100 valence electrons. The maximum absolute atomic E-state index is 12.6. The van der Waals surface area contributed by atoms with Gasteiger partial charge in [0, 0.05) is 12.2 Å². The van der Waals surface area contributed by atoms with E-state index in [1.807, 2.05) is 0 Å². The third kappa shape index (κ3) is 1.52. The maximum atomic E-state index is 12.6. The van der Waals surface area contributed by atoms with Gasteiger partial charge < -0.3 is 10.2 Å². The topological polar surface area (TPSA) is 99.8 Å². The van der Waals surface area contributed by atoms with E-state index >= 15 is 0 Å². The molecule has 1 saturated carbocycles. The lowest BCUT2D eigenvalue weighted by atomic mass is 10.3. The molecule has 2 N–H and O–H groups in total. The molecule has 1 fully saturated rings. The zero-order valence-corrected chi connectivity index (χ0v) is 10.5. The van der Waals surface area contributed by atoms with Gasteiger partial charge in [-0.2, -0.15) is 0 Å². The number of pyridine rings is 1. The first-order valence-corrected chi connectivity index (χ1v) is 6.32. The van der Waals surface area contributed by atoms with E-state index in [0.717, 1.165) is 12.8 Å². The van der Waals surface area contributed by atoms with Crippen molar-refractivity contribution in [1.29, 1.82) is 0 Å². The lowest BCUT2D eigenvalue weighted by Gasteiger charge is -2.10. The van der Waals surface area contributed by atoms with E-state index in [9.17, 15) is 4.79 Å². The van der Waals surface area contributed by atoms with Crippen LogP contribution in [0.4, 0.5) is 5.69 Å². The molecule has 3 heterocycles. The average molecular weight is 269 g/mol. The van der Waals surface area contributed by atoms with Crippen molar-refractivity contribution in [3.05, 3.63) is 35.1 Å². The number of rotatable bonds is 2. The first-order valence-electron chi connectivity index (χ1n) is 6.32. The van der Waals surface area contributed by atoms with Crippen molar-refractivity contribution < 1.29 is 4.42 Å². The number of nitrogens with two attached hydrogens (primary N) is 1. The molecule has 20 heavy (non-hydrogen) atoms. The number of hydrogen-bond acceptors (Lipinski definition) is 6. The van der Waals surface area contributed by atoms with Gasteiger partial charge in [-0.1, -0.05) is 0 Å². The largest absolute Gasteiger partial charge is 0.443 e. The minimum absolute atomic E-state index is 0.163. The monoisotopic (exact) mass is 269 g/mol. The number of anilines is 1. The van der Waals surface area contributed by atoms with Crippen LogP contribution in [0, 0.1) is 0 Å². The molecule has 0 aliphatic heterocycles. The quantitative estimate of drug-likeness (QED) is 0.754. The first-order chi connectivity index (χ1) is 9.75. The lowest BCUT2D eigenvalue weighted by molar-refractivity contribution is 0.569. The van der Waals surface area contributed by atoms with Gasteiger partial charge in [-0.3, -0.25) is 9.36 Å². The molecule has 1 aliphatic rings. The summed E-state index contributed by atoms with van der Waals surface area (Å²) in [6, 6.07) is 1.83.